The van der Waals surface area contributed by atoms with E-state index >= 15 is 0 Å². The lowest BCUT2D eigenvalue weighted by atomic mass is 10.3. The van der Waals surface area contributed by atoms with Crippen LogP contribution in [-0.4, -0.2) is 12.8 Å². The highest BCUT2D eigenvalue weighted by atomic mass is 32.2. The van der Waals surface area contributed by atoms with Gasteiger partial charge in [0.1, 0.15) is 0 Å². The van der Waals surface area contributed by atoms with Crippen LogP contribution in [0.15, 0.2) is 131 Å². The monoisotopic (exact) mass is 437 g/mol. The standard InChI is InChI=1S/C28H24NPS/c1-29-26-19-11-12-20-27(26)31-28(29)21-22-30(23-13-5-2-6-14-23,24-15-7-3-8-16-24)25-17-9-4-10-18-25/h2-22H,1H3/b28-21-. The molecule has 4 aromatic rings. The lowest BCUT2D eigenvalue weighted by molar-refractivity contribution is 1.18. The molecule has 1 aliphatic heterocycles. The lowest BCUT2D eigenvalue weighted by Crippen LogP contribution is -2.26. The predicted octanol–water partition coefficient (Wildman–Crippen LogP) is 5.87. The Kier molecular flexibility index (Phi) is 5.59. The van der Waals surface area contributed by atoms with Gasteiger partial charge < -0.3 is 4.90 Å². The molecule has 4 aromatic carbocycles. The summed E-state index contributed by atoms with van der Waals surface area (Å²) in [5.74, 6) is 2.48. The fourth-order valence-corrected chi connectivity index (χ4v) is 8.99. The Hall–Kier alpha value is -2.93. The van der Waals surface area contributed by atoms with Gasteiger partial charge in [0.15, 0.2) is 0 Å². The topological polar surface area (TPSA) is 3.24 Å². The van der Waals surface area contributed by atoms with Crippen molar-refractivity contribution in [3.63, 3.8) is 0 Å². The minimum Gasteiger partial charge on any atom is -0.338 e. The van der Waals surface area contributed by atoms with Crippen molar-refractivity contribution in [2.75, 3.05) is 11.9 Å². The summed E-state index contributed by atoms with van der Waals surface area (Å²) < 4.78 is 0. The highest BCUT2D eigenvalue weighted by Gasteiger charge is 2.25. The van der Waals surface area contributed by atoms with Crippen LogP contribution in [0.2, 0.25) is 0 Å². The molecule has 0 amide bonds. The molecule has 1 nitrogen and oxygen atoms in total. The number of rotatable bonds is 4. The Morgan fingerprint density at radius 3 is 1.55 bits per heavy atom. The van der Waals surface area contributed by atoms with E-state index in [-0.39, 0.29) is 0 Å². The van der Waals surface area contributed by atoms with Crippen LogP contribution in [0.5, 0.6) is 0 Å². The Labute approximate surface area is 189 Å². The molecular weight excluding hydrogens is 413 g/mol. The first-order valence-electron chi connectivity index (χ1n) is 10.4. The average molecular weight is 438 g/mol. The van der Waals surface area contributed by atoms with E-state index in [1.165, 1.54) is 31.5 Å². The van der Waals surface area contributed by atoms with E-state index in [4.69, 9.17) is 0 Å². The average Bonchev–Trinajstić information content (AvgIpc) is 3.17. The van der Waals surface area contributed by atoms with E-state index in [0.29, 0.717) is 0 Å². The van der Waals surface area contributed by atoms with Crippen LogP contribution < -0.4 is 20.8 Å². The molecule has 0 unspecified atom stereocenters. The molecule has 0 fully saturated rings. The zero-order valence-electron chi connectivity index (χ0n) is 17.4. The van der Waals surface area contributed by atoms with E-state index in [9.17, 15) is 0 Å². The summed E-state index contributed by atoms with van der Waals surface area (Å²) in [5, 5.41) is 5.36. The summed E-state index contributed by atoms with van der Waals surface area (Å²) in [5.41, 5.74) is 1.27. The van der Waals surface area contributed by atoms with E-state index < -0.39 is 6.89 Å². The van der Waals surface area contributed by atoms with Crippen LogP contribution in [0.3, 0.4) is 0 Å². The van der Waals surface area contributed by atoms with E-state index in [2.05, 4.69) is 139 Å². The van der Waals surface area contributed by atoms with Crippen molar-refractivity contribution < 1.29 is 0 Å². The first-order chi connectivity index (χ1) is 15.3. The summed E-state index contributed by atoms with van der Waals surface area (Å²) in [7, 11) is 2.16. The summed E-state index contributed by atoms with van der Waals surface area (Å²) in [6.45, 7) is -1.97. The van der Waals surface area contributed by atoms with Crippen molar-refractivity contribution in [2.24, 2.45) is 0 Å². The molecule has 152 valence electrons. The van der Waals surface area contributed by atoms with E-state index in [1.807, 2.05) is 11.8 Å². The smallest absolute Gasteiger partial charge is 0.0799 e. The quantitative estimate of drug-likeness (QED) is 0.368. The van der Waals surface area contributed by atoms with Gasteiger partial charge in [-0.05, 0) is 46.8 Å². The zero-order chi connectivity index (χ0) is 21.1. The third-order valence-corrected chi connectivity index (χ3v) is 10.8. The van der Waals surface area contributed by atoms with Crippen LogP contribution in [0.1, 0.15) is 0 Å². The molecule has 0 aromatic heterocycles. The zero-order valence-corrected chi connectivity index (χ0v) is 19.1. The molecule has 0 saturated heterocycles. The fraction of sp³-hybridized carbons (Fsp3) is 0.0357. The first-order valence-corrected chi connectivity index (χ1v) is 13.1. The number of hydrogen-bond acceptors (Lipinski definition) is 2. The van der Waals surface area contributed by atoms with Gasteiger partial charge in [0.2, 0.25) is 0 Å². The fourth-order valence-electron chi connectivity index (χ4n) is 4.14. The maximum Gasteiger partial charge on any atom is 0.0799 e. The van der Waals surface area contributed by atoms with Crippen molar-refractivity contribution >= 4 is 46.0 Å². The molecule has 0 spiro atoms. The number of allylic oxidation sites excluding steroid dienone is 1. The first kappa shape index (κ1) is 20.0. The molecule has 0 aliphatic carbocycles. The van der Waals surface area contributed by atoms with Crippen LogP contribution in [0, 0.1) is 0 Å². The van der Waals surface area contributed by atoms with Gasteiger partial charge in [-0.1, -0.05) is 115 Å². The van der Waals surface area contributed by atoms with Crippen LogP contribution in [0.25, 0.3) is 0 Å². The number of thioether (sulfide) groups is 1. The number of nitrogens with zero attached hydrogens (tertiary/aromatic N) is 1. The molecular formula is C28H24NPS. The number of anilines is 1. The van der Waals surface area contributed by atoms with Crippen molar-refractivity contribution in [1.82, 2.24) is 0 Å². The molecule has 0 atom stereocenters. The summed E-state index contributed by atoms with van der Waals surface area (Å²) in [6, 6.07) is 41.5. The van der Waals surface area contributed by atoms with Crippen LogP contribution in [0.4, 0.5) is 5.69 Å². The van der Waals surface area contributed by atoms with Gasteiger partial charge >= 0.3 is 0 Å². The van der Waals surface area contributed by atoms with Crippen LogP contribution in [-0.2, 0) is 0 Å². The van der Waals surface area contributed by atoms with Gasteiger partial charge in [-0.25, -0.2) is 0 Å². The normalized spacial score (nSPS) is 14.5. The minimum atomic E-state index is -1.97. The second-order valence-electron chi connectivity index (χ2n) is 7.51. The number of hydrogen-bond donors (Lipinski definition) is 0. The molecule has 1 aliphatic rings. The van der Waals surface area contributed by atoms with Gasteiger partial charge in [-0.2, -0.15) is 0 Å². The number of para-hydroxylation sites is 1. The lowest BCUT2D eigenvalue weighted by Gasteiger charge is -2.28. The van der Waals surface area contributed by atoms with E-state index in [1.54, 1.807) is 0 Å². The predicted molar refractivity (Wildman–Crippen MR) is 140 cm³/mol. The van der Waals surface area contributed by atoms with Crippen molar-refractivity contribution in [2.45, 2.75) is 4.90 Å². The molecule has 0 radical (unpaired) electrons. The van der Waals surface area contributed by atoms with Crippen molar-refractivity contribution in [1.29, 1.82) is 0 Å². The maximum absolute atomic E-state index is 2.48. The summed E-state index contributed by atoms with van der Waals surface area (Å²) >= 11 is 1.84. The maximum atomic E-state index is 2.48. The Balaban J connectivity index is 1.77. The van der Waals surface area contributed by atoms with Crippen molar-refractivity contribution in [3.8, 4) is 0 Å². The second kappa shape index (κ2) is 8.67. The summed E-state index contributed by atoms with van der Waals surface area (Å²) in [6.07, 6.45) is 2.34. The Bertz CT molecular complexity index is 1160. The SMILES string of the molecule is CN1/C(=C/C=P(c2ccccc2)(c2ccccc2)c2ccccc2)Sc2ccccc21. The number of fused-ring (bicyclic) bond motifs is 1. The van der Waals surface area contributed by atoms with Gasteiger partial charge in [-0.15, -0.1) is 0 Å². The largest absolute Gasteiger partial charge is 0.338 e. The molecule has 0 saturated carbocycles. The molecule has 3 heteroatoms. The van der Waals surface area contributed by atoms with Gasteiger partial charge in [0.05, 0.1) is 10.7 Å². The molecule has 0 bridgehead atoms. The van der Waals surface area contributed by atoms with Crippen molar-refractivity contribution in [3.05, 3.63) is 126 Å². The van der Waals surface area contributed by atoms with Gasteiger partial charge in [-0.3, -0.25) is 0 Å². The minimum absolute atomic E-state index is 1.26. The van der Waals surface area contributed by atoms with Gasteiger partial charge in [0, 0.05) is 11.9 Å². The Morgan fingerprint density at radius 1 is 0.613 bits per heavy atom. The third kappa shape index (κ3) is 3.67. The third-order valence-electron chi connectivity index (χ3n) is 5.70. The van der Waals surface area contributed by atoms with Crippen LogP contribution >= 0.6 is 18.6 Å². The second-order valence-corrected chi connectivity index (χ2v) is 11.9. The van der Waals surface area contributed by atoms with E-state index in [0.717, 1.165) is 0 Å². The number of benzene rings is 4. The Morgan fingerprint density at radius 2 is 1.06 bits per heavy atom. The molecule has 0 N–H and O–H groups in total. The van der Waals surface area contributed by atoms with Gasteiger partial charge in [0.25, 0.3) is 0 Å². The summed E-state index contributed by atoms with van der Waals surface area (Å²) in [4.78, 5) is 3.61. The highest BCUT2D eigenvalue weighted by molar-refractivity contribution is 8.03. The highest BCUT2D eigenvalue weighted by Crippen LogP contribution is 2.47. The molecule has 5 rings (SSSR count). The molecule has 31 heavy (non-hydrogen) atoms. The molecule has 1 heterocycles.